The maximum absolute atomic E-state index is 13.8. The molecule has 0 saturated heterocycles. The second kappa shape index (κ2) is 8.53. The molecular weight excluding hydrogens is 350 g/mol. The maximum atomic E-state index is 13.8. The molecule has 0 radical (unpaired) electrons. The smallest absolute Gasteiger partial charge is 0.326 e. The van der Waals surface area contributed by atoms with Gasteiger partial charge in [-0.15, -0.1) is 0 Å². The van der Waals surface area contributed by atoms with Crippen LogP contribution in [0.2, 0.25) is 0 Å². The molecule has 0 aromatic heterocycles. The van der Waals surface area contributed by atoms with Crippen molar-refractivity contribution in [1.29, 1.82) is 0 Å². The third kappa shape index (κ3) is 3.54. The second-order valence-electron chi connectivity index (χ2n) is 6.62. The number of nitrogens with one attached hydrogen (secondary N) is 1. The number of carbonyl (C=O) groups is 2. The minimum Gasteiger partial charge on any atom is -0.480 e. The van der Waals surface area contributed by atoms with Gasteiger partial charge in [0.15, 0.2) is 0 Å². The highest BCUT2D eigenvalue weighted by Crippen LogP contribution is 2.39. The van der Waals surface area contributed by atoms with Gasteiger partial charge in [0.1, 0.15) is 11.5 Å². The number of carbonyl (C=O) groups excluding carboxylic acids is 1. The highest BCUT2D eigenvalue weighted by Gasteiger charge is 2.44. The van der Waals surface area contributed by atoms with E-state index in [1.54, 1.807) is 6.92 Å². The quantitative estimate of drug-likeness (QED) is 0.615. The fourth-order valence-corrected chi connectivity index (χ4v) is 3.56. The Morgan fingerprint density at radius 2 is 1.14 bits per heavy atom. The van der Waals surface area contributed by atoms with Crippen LogP contribution in [0.15, 0.2) is 91.0 Å². The molecule has 0 aliphatic rings. The zero-order valence-corrected chi connectivity index (χ0v) is 15.7. The summed E-state index contributed by atoms with van der Waals surface area (Å²) in [6.45, 7) is 1.74. The summed E-state index contributed by atoms with van der Waals surface area (Å²) in [6, 6.07) is 27.5. The molecule has 0 aliphatic heterocycles. The predicted octanol–water partition coefficient (Wildman–Crippen LogP) is 4.00. The van der Waals surface area contributed by atoms with Gasteiger partial charge in [0.05, 0.1) is 0 Å². The Kier molecular flexibility index (Phi) is 5.90. The van der Waals surface area contributed by atoms with Gasteiger partial charge in [-0.05, 0) is 23.1 Å². The van der Waals surface area contributed by atoms with Gasteiger partial charge in [0.25, 0.3) is 0 Å². The van der Waals surface area contributed by atoms with Crippen molar-refractivity contribution < 1.29 is 14.7 Å². The number of carboxylic acid groups (broad SMARTS) is 1. The molecule has 0 unspecified atom stereocenters. The van der Waals surface area contributed by atoms with Crippen molar-refractivity contribution in [2.24, 2.45) is 0 Å². The van der Waals surface area contributed by atoms with E-state index in [1.807, 2.05) is 91.0 Å². The van der Waals surface area contributed by atoms with Crippen LogP contribution in [-0.4, -0.2) is 23.0 Å². The number of benzene rings is 3. The average molecular weight is 373 g/mol. The van der Waals surface area contributed by atoms with E-state index in [2.05, 4.69) is 5.32 Å². The van der Waals surface area contributed by atoms with Crippen molar-refractivity contribution in [2.75, 3.05) is 0 Å². The monoisotopic (exact) mass is 373 g/mol. The van der Waals surface area contributed by atoms with Gasteiger partial charge in [-0.3, -0.25) is 4.79 Å². The Morgan fingerprint density at radius 3 is 1.43 bits per heavy atom. The first-order chi connectivity index (χ1) is 13.6. The molecule has 0 bridgehead atoms. The summed E-state index contributed by atoms with van der Waals surface area (Å²) in [5, 5.41) is 12.2. The van der Waals surface area contributed by atoms with Crippen molar-refractivity contribution >= 4 is 11.9 Å². The van der Waals surface area contributed by atoms with Gasteiger partial charge < -0.3 is 10.4 Å². The van der Waals surface area contributed by atoms with E-state index >= 15 is 0 Å². The van der Waals surface area contributed by atoms with E-state index in [0.29, 0.717) is 6.42 Å². The molecule has 1 atom stereocenters. The minimum absolute atomic E-state index is 0.301. The van der Waals surface area contributed by atoms with Gasteiger partial charge in [0, 0.05) is 0 Å². The number of rotatable bonds is 7. The highest BCUT2D eigenvalue weighted by molar-refractivity contribution is 5.98. The standard InChI is InChI=1S/C24H23NO3/c1-2-21(22(26)27)25-23(28)24(18-12-6-3-7-13-18,19-14-8-4-9-15-19)20-16-10-5-11-17-20/h3-17,21H,2H2,1H3,(H,25,28)(H,26,27)/t21-/m1/s1. The van der Waals surface area contributed by atoms with Crippen LogP contribution in [0, 0.1) is 0 Å². The van der Waals surface area contributed by atoms with Crippen LogP contribution in [0.5, 0.6) is 0 Å². The molecule has 4 nitrogen and oxygen atoms in total. The fourth-order valence-electron chi connectivity index (χ4n) is 3.56. The van der Waals surface area contributed by atoms with Gasteiger partial charge >= 0.3 is 5.97 Å². The van der Waals surface area contributed by atoms with E-state index in [-0.39, 0.29) is 5.91 Å². The number of hydrogen-bond acceptors (Lipinski definition) is 2. The van der Waals surface area contributed by atoms with E-state index in [0.717, 1.165) is 16.7 Å². The van der Waals surface area contributed by atoms with Crippen molar-refractivity contribution in [3.8, 4) is 0 Å². The summed E-state index contributed by atoms with van der Waals surface area (Å²) < 4.78 is 0. The first-order valence-corrected chi connectivity index (χ1v) is 9.31. The van der Waals surface area contributed by atoms with Crippen LogP contribution in [0.25, 0.3) is 0 Å². The second-order valence-corrected chi connectivity index (χ2v) is 6.62. The molecule has 0 heterocycles. The summed E-state index contributed by atoms with van der Waals surface area (Å²) in [5.74, 6) is -1.40. The zero-order chi connectivity index (χ0) is 20.0. The minimum atomic E-state index is -1.16. The van der Waals surface area contributed by atoms with Gasteiger partial charge in [-0.1, -0.05) is 97.9 Å². The van der Waals surface area contributed by atoms with Crippen molar-refractivity contribution in [2.45, 2.75) is 24.8 Å². The van der Waals surface area contributed by atoms with Gasteiger partial charge in [0.2, 0.25) is 5.91 Å². The zero-order valence-electron chi connectivity index (χ0n) is 15.7. The van der Waals surface area contributed by atoms with Gasteiger partial charge in [-0.2, -0.15) is 0 Å². The highest BCUT2D eigenvalue weighted by atomic mass is 16.4. The van der Waals surface area contributed by atoms with Crippen LogP contribution in [0.4, 0.5) is 0 Å². The Balaban J connectivity index is 2.28. The lowest BCUT2D eigenvalue weighted by Crippen LogP contribution is -2.51. The normalized spacial score (nSPS) is 12.2. The Hall–Kier alpha value is -3.40. The molecule has 4 heteroatoms. The van der Waals surface area contributed by atoms with Gasteiger partial charge in [-0.25, -0.2) is 4.79 Å². The van der Waals surface area contributed by atoms with E-state index < -0.39 is 17.4 Å². The molecule has 3 rings (SSSR count). The first kappa shape index (κ1) is 19.4. The van der Waals surface area contributed by atoms with Crippen LogP contribution in [0.3, 0.4) is 0 Å². The maximum Gasteiger partial charge on any atom is 0.326 e. The first-order valence-electron chi connectivity index (χ1n) is 9.31. The molecule has 142 valence electrons. The summed E-state index contributed by atoms with van der Waals surface area (Å²) >= 11 is 0. The van der Waals surface area contributed by atoms with Crippen LogP contribution < -0.4 is 5.32 Å². The van der Waals surface area contributed by atoms with Crippen LogP contribution in [0.1, 0.15) is 30.0 Å². The van der Waals surface area contributed by atoms with Crippen molar-refractivity contribution in [3.05, 3.63) is 108 Å². The Morgan fingerprint density at radius 1 is 0.786 bits per heavy atom. The predicted molar refractivity (Wildman–Crippen MR) is 109 cm³/mol. The van der Waals surface area contributed by atoms with E-state index in [1.165, 1.54) is 0 Å². The molecule has 0 fully saturated rings. The van der Waals surface area contributed by atoms with Crippen LogP contribution >= 0.6 is 0 Å². The Bertz CT molecular complexity index is 827. The summed E-state index contributed by atoms with van der Waals surface area (Å²) in [7, 11) is 0. The molecule has 0 spiro atoms. The van der Waals surface area contributed by atoms with E-state index in [9.17, 15) is 14.7 Å². The molecule has 0 aliphatic carbocycles. The lowest BCUT2D eigenvalue weighted by molar-refractivity contribution is -0.142. The molecule has 2 N–H and O–H groups in total. The van der Waals surface area contributed by atoms with Crippen LogP contribution in [-0.2, 0) is 15.0 Å². The summed E-state index contributed by atoms with van der Waals surface area (Å²) in [6.07, 6.45) is 0.301. The fraction of sp³-hybridized carbons (Fsp3) is 0.167. The summed E-state index contributed by atoms with van der Waals surface area (Å²) in [4.78, 5) is 25.4. The SMILES string of the molecule is CC[C@@H](NC(=O)C(c1ccccc1)(c1ccccc1)c1ccccc1)C(=O)O. The van der Waals surface area contributed by atoms with E-state index in [4.69, 9.17) is 0 Å². The number of aliphatic carboxylic acids is 1. The lowest BCUT2D eigenvalue weighted by Gasteiger charge is -2.35. The molecule has 28 heavy (non-hydrogen) atoms. The molecule has 3 aromatic rings. The molecule has 0 saturated carbocycles. The topological polar surface area (TPSA) is 66.4 Å². The molecule has 3 aromatic carbocycles. The largest absolute Gasteiger partial charge is 0.480 e. The van der Waals surface area contributed by atoms with Crippen molar-refractivity contribution in [1.82, 2.24) is 5.32 Å². The summed E-state index contributed by atoms with van der Waals surface area (Å²) in [5.41, 5.74) is 1.19. The average Bonchev–Trinajstić information content (AvgIpc) is 2.74. The lowest BCUT2D eigenvalue weighted by atomic mass is 9.68. The molecule has 1 amide bonds. The van der Waals surface area contributed by atoms with Crippen molar-refractivity contribution in [3.63, 3.8) is 0 Å². The molecular formula is C24H23NO3. The number of carboxylic acids is 1. The number of hydrogen-bond donors (Lipinski definition) is 2. The third-order valence-electron chi connectivity index (χ3n) is 4.97. The third-order valence-corrected chi connectivity index (χ3v) is 4.97. The Labute approximate surface area is 164 Å². The number of amides is 1.